The van der Waals surface area contributed by atoms with Crippen LogP contribution < -0.4 is 10.1 Å². The topological polar surface area (TPSA) is 110 Å². The van der Waals surface area contributed by atoms with E-state index in [4.69, 9.17) is 20.5 Å². The lowest BCUT2D eigenvalue weighted by molar-refractivity contribution is 0.306. The minimum absolute atomic E-state index is 0.0827. The molecule has 24 heavy (non-hydrogen) atoms. The summed E-state index contributed by atoms with van der Waals surface area (Å²) in [5.41, 5.74) is 1.22. The summed E-state index contributed by atoms with van der Waals surface area (Å²) in [5, 5.41) is 33.5. The average Bonchev–Trinajstić information content (AvgIpc) is 3.09. The number of aryl methyl sites for hydroxylation is 1. The van der Waals surface area contributed by atoms with E-state index in [9.17, 15) is 0 Å². The molecule has 118 valence electrons. The zero-order chi connectivity index (χ0) is 17.4. The molecule has 0 radical (unpaired) electrons. The third kappa shape index (κ3) is 4.13. The van der Waals surface area contributed by atoms with Crippen LogP contribution in [0, 0.1) is 34.0 Å². The predicted molar refractivity (Wildman–Crippen MR) is 86.2 cm³/mol. The molecule has 1 aromatic heterocycles. The minimum Gasteiger partial charge on any atom is -0.489 e. The van der Waals surface area contributed by atoms with Crippen LogP contribution in [0.25, 0.3) is 0 Å². The molecule has 0 aliphatic heterocycles. The second-order valence-electron chi connectivity index (χ2n) is 4.73. The van der Waals surface area contributed by atoms with Gasteiger partial charge in [-0.3, -0.25) is 4.68 Å². The smallest absolute Gasteiger partial charge is 0.163 e. The first-order valence-corrected chi connectivity index (χ1v) is 7.16. The largest absolute Gasteiger partial charge is 0.489 e. The molecule has 2 rings (SSSR count). The Morgan fingerprint density at radius 2 is 1.88 bits per heavy atom. The van der Waals surface area contributed by atoms with E-state index in [1.807, 2.05) is 17.8 Å². The summed E-state index contributed by atoms with van der Waals surface area (Å²) >= 11 is 0. The van der Waals surface area contributed by atoms with Crippen molar-refractivity contribution < 1.29 is 4.74 Å². The molecule has 0 spiro atoms. The Bertz CT molecular complexity index is 842. The molecule has 7 heteroatoms. The van der Waals surface area contributed by atoms with Crippen molar-refractivity contribution >= 4 is 5.69 Å². The number of nitrogens with one attached hydrogen (secondary N) is 1. The van der Waals surface area contributed by atoms with Gasteiger partial charge in [0.1, 0.15) is 36.3 Å². The highest BCUT2D eigenvalue weighted by atomic mass is 16.5. The number of ether oxygens (including phenoxy) is 1. The van der Waals surface area contributed by atoms with Crippen LogP contribution in [0.1, 0.15) is 12.5 Å². The van der Waals surface area contributed by atoms with Crippen LogP contribution in [-0.2, 0) is 13.2 Å². The number of allylic oxidation sites excluding steroid dienone is 2. The van der Waals surface area contributed by atoms with E-state index in [0.717, 1.165) is 12.1 Å². The molecule has 2 aromatic rings. The maximum atomic E-state index is 9.00. The first-order valence-electron chi connectivity index (χ1n) is 7.16. The predicted octanol–water partition coefficient (Wildman–Crippen LogP) is 2.72. The van der Waals surface area contributed by atoms with Crippen molar-refractivity contribution in [2.24, 2.45) is 0 Å². The summed E-state index contributed by atoms with van der Waals surface area (Å²) in [6.45, 7) is 3.23. The summed E-state index contributed by atoms with van der Waals surface area (Å²) < 4.78 is 7.49. The molecule has 0 aliphatic rings. The molecule has 0 saturated heterocycles. The molecule has 7 nitrogen and oxygen atoms in total. The van der Waals surface area contributed by atoms with Gasteiger partial charge in [-0.1, -0.05) is 0 Å². The Balaban J connectivity index is 2.01. The van der Waals surface area contributed by atoms with Gasteiger partial charge < -0.3 is 10.1 Å². The van der Waals surface area contributed by atoms with Crippen molar-refractivity contribution in [3.8, 4) is 24.0 Å². The normalized spacial score (nSPS) is 9.25. The van der Waals surface area contributed by atoms with E-state index in [1.54, 1.807) is 48.7 Å². The number of aromatic nitrogens is 2. The van der Waals surface area contributed by atoms with Crippen molar-refractivity contribution in [2.45, 2.75) is 20.1 Å². The Labute approximate surface area is 139 Å². The van der Waals surface area contributed by atoms with E-state index < -0.39 is 0 Å². The zero-order valence-electron chi connectivity index (χ0n) is 13.0. The fourth-order valence-electron chi connectivity index (χ4n) is 1.88. The molecular weight excluding hydrogens is 304 g/mol. The third-order valence-electron chi connectivity index (χ3n) is 3.13. The number of hydrogen-bond acceptors (Lipinski definition) is 6. The van der Waals surface area contributed by atoms with Gasteiger partial charge in [-0.05, 0) is 31.2 Å². The minimum atomic E-state index is -0.259. The molecule has 1 aromatic carbocycles. The third-order valence-corrected chi connectivity index (χ3v) is 3.13. The summed E-state index contributed by atoms with van der Waals surface area (Å²) in [5.74, 6) is 0.660. The lowest BCUT2D eigenvalue weighted by Crippen LogP contribution is -2.00. The summed E-state index contributed by atoms with van der Waals surface area (Å²) in [6.07, 6.45) is 3.68. The van der Waals surface area contributed by atoms with Crippen molar-refractivity contribution in [1.82, 2.24) is 9.78 Å². The number of benzene rings is 1. The van der Waals surface area contributed by atoms with Crippen LogP contribution >= 0.6 is 0 Å². The molecule has 0 bridgehead atoms. The maximum absolute atomic E-state index is 9.00. The Morgan fingerprint density at radius 3 is 2.42 bits per heavy atom. The number of rotatable bonds is 6. The summed E-state index contributed by atoms with van der Waals surface area (Å²) in [6, 6.07) is 12.0. The van der Waals surface area contributed by atoms with Gasteiger partial charge in [0, 0.05) is 24.0 Å². The lowest BCUT2D eigenvalue weighted by Gasteiger charge is -2.07. The Kier molecular flexibility index (Phi) is 5.55. The van der Waals surface area contributed by atoms with Crippen molar-refractivity contribution in [2.75, 3.05) is 5.32 Å². The number of nitrogens with zero attached hydrogens (tertiary/aromatic N) is 5. The van der Waals surface area contributed by atoms with Gasteiger partial charge in [-0.15, -0.1) is 0 Å². The molecule has 0 aliphatic carbocycles. The fourth-order valence-corrected chi connectivity index (χ4v) is 1.88. The SMILES string of the molecule is CCn1cc(COc2ccc(NC(C#N)=C(C#N)C#N)cc2)cn1. The second-order valence-corrected chi connectivity index (χ2v) is 4.73. The maximum Gasteiger partial charge on any atom is 0.163 e. The van der Waals surface area contributed by atoms with Crippen LogP contribution in [0.5, 0.6) is 5.75 Å². The van der Waals surface area contributed by atoms with Gasteiger partial charge in [0.15, 0.2) is 5.57 Å². The van der Waals surface area contributed by atoms with E-state index in [1.165, 1.54) is 0 Å². The lowest BCUT2D eigenvalue weighted by atomic mass is 10.2. The molecule has 1 heterocycles. The molecular formula is C17H14N6O. The van der Waals surface area contributed by atoms with E-state index in [0.29, 0.717) is 18.0 Å². The standard InChI is InChI=1S/C17H14N6O/c1-2-23-11-13(10-21-23)12-24-16-5-3-15(4-6-16)22-17(9-20)14(7-18)8-19/h3-6,10-11,22H,2,12H2,1H3. The van der Waals surface area contributed by atoms with Gasteiger partial charge >= 0.3 is 0 Å². The number of anilines is 1. The van der Waals surface area contributed by atoms with Gasteiger partial charge in [0.05, 0.1) is 6.20 Å². The van der Waals surface area contributed by atoms with Crippen LogP contribution in [0.3, 0.4) is 0 Å². The second kappa shape index (κ2) is 8.03. The molecule has 1 N–H and O–H groups in total. The number of hydrogen-bond donors (Lipinski definition) is 1. The highest BCUT2D eigenvalue weighted by molar-refractivity contribution is 5.58. The molecule has 0 saturated carbocycles. The monoisotopic (exact) mass is 318 g/mol. The fraction of sp³-hybridized carbons (Fsp3) is 0.176. The van der Waals surface area contributed by atoms with Gasteiger partial charge in [0.25, 0.3) is 0 Å². The highest BCUT2D eigenvalue weighted by Gasteiger charge is 2.06. The first kappa shape index (κ1) is 16.6. The first-order chi connectivity index (χ1) is 11.7. The van der Waals surface area contributed by atoms with E-state index >= 15 is 0 Å². The van der Waals surface area contributed by atoms with E-state index in [2.05, 4.69) is 10.4 Å². The van der Waals surface area contributed by atoms with Crippen molar-refractivity contribution in [1.29, 1.82) is 15.8 Å². The van der Waals surface area contributed by atoms with Crippen LogP contribution in [-0.4, -0.2) is 9.78 Å². The van der Waals surface area contributed by atoms with Gasteiger partial charge in [-0.25, -0.2) is 0 Å². The molecule has 0 atom stereocenters. The van der Waals surface area contributed by atoms with Crippen LogP contribution in [0.15, 0.2) is 47.9 Å². The van der Waals surface area contributed by atoms with Gasteiger partial charge in [0.2, 0.25) is 0 Å². The van der Waals surface area contributed by atoms with Crippen molar-refractivity contribution in [3.63, 3.8) is 0 Å². The Morgan fingerprint density at radius 1 is 1.17 bits per heavy atom. The number of nitriles is 3. The molecule has 0 fully saturated rings. The Hall–Kier alpha value is -3.76. The van der Waals surface area contributed by atoms with Crippen LogP contribution in [0.2, 0.25) is 0 Å². The van der Waals surface area contributed by atoms with E-state index in [-0.39, 0.29) is 11.3 Å². The zero-order valence-corrected chi connectivity index (χ0v) is 13.0. The van der Waals surface area contributed by atoms with Crippen molar-refractivity contribution in [3.05, 3.63) is 53.5 Å². The average molecular weight is 318 g/mol. The molecule has 0 unspecified atom stereocenters. The molecule has 0 amide bonds. The van der Waals surface area contributed by atoms with Gasteiger partial charge in [-0.2, -0.15) is 20.9 Å². The highest BCUT2D eigenvalue weighted by Crippen LogP contribution is 2.19. The summed E-state index contributed by atoms with van der Waals surface area (Å²) in [7, 11) is 0. The van der Waals surface area contributed by atoms with Crippen LogP contribution in [0.4, 0.5) is 5.69 Å². The quantitative estimate of drug-likeness (QED) is 0.820. The summed E-state index contributed by atoms with van der Waals surface area (Å²) in [4.78, 5) is 0.